The van der Waals surface area contributed by atoms with E-state index in [2.05, 4.69) is 6.92 Å². The van der Waals surface area contributed by atoms with Crippen molar-refractivity contribution in [3.8, 4) is 6.07 Å². The average molecular weight is 212 g/mol. The van der Waals surface area contributed by atoms with E-state index in [4.69, 9.17) is 5.26 Å². The number of nitrogens with zero attached hydrogens (tertiary/aromatic N) is 1. The molecular formula is C11H9F3N. The Balaban J connectivity index is 3.50. The molecule has 4 heteroatoms. The number of rotatable bonds is 1. The number of hydrogen-bond acceptors (Lipinski definition) is 1. The van der Waals surface area contributed by atoms with Gasteiger partial charge in [0.2, 0.25) is 0 Å². The summed E-state index contributed by atoms with van der Waals surface area (Å²) >= 11 is 0. The average Bonchev–Trinajstić information content (AvgIpc) is 2.15. The van der Waals surface area contributed by atoms with Gasteiger partial charge in [-0.25, -0.2) is 0 Å². The third-order valence-corrected chi connectivity index (χ3v) is 2.03. The molecule has 1 aromatic rings. The molecule has 0 aliphatic heterocycles. The molecule has 1 unspecified atom stereocenters. The molecule has 1 radical (unpaired) electrons. The van der Waals surface area contributed by atoms with Gasteiger partial charge in [-0.1, -0.05) is 19.1 Å². The molecule has 0 heterocycles. The molecule has 0 aliphatic carbocycles. The van der Waals surface area contributed by atoms with E-state index in [0.717, 1.165) is 6.07 Å². The van der Waals surface area contributed by atoms with Gasteiger partial charge >= 0.3 is 6.18 Å². The van der Waals surface area contributed by atoms with E-state index >= 15 is 0 Å². The molecule has 15 heavy (non-hydrogen) atoms. The van der Waals surface area contributed by atoms with Gasteiger partial charge in [0.05, 0.1) is 17.2 Å². The number of hydrogen-bond donors (Lipinski definition) is 0. The molecule has 0 bridgehead atoms. The van der Waals surface area contributed by atoms with Gasteiger partial charge in [0.1, 0.15) is 0 Å². The van der Waals surface area contributed by atoms with E-state index in [0.29, 0.717) is 0 Å². The number of alkyl halides is 3. The quantitative estimate of drug-likeness (QED) is 0.698. The van der Waals surface area contributed by atoms with Gasteiger partial charge in [0.15, 0.2) is 0 Å². The van der Waals surface area contributed by atoms with Gasteiger partial charge < -0.3 is 0 Å². The first-order chi connectivity index (χ1) is 6.88. The van der Waals surface area contributed by atoms with Crippen molar-refractivity contribution in [1.29, 1.82) is 5.26 Å². The van der Waals surface area contributed by atoms with Gasteiger partial charge in [0.25, 0.3) is 0 Å². The van der Waals surface area contributed by atoms with Crippen LogP contribution in [-0.4, -0.2) is 0 Å². The molecule has 0 spiro atoms. The number of nitriles is 1. The molecule has 79 valence electrons. The highest BCUT2D eigenvalue weighted by molar-refractivity contribution is 5.46. The summed E-state index contributed by atoms with van der Waals surface area (Å²) in [7, 11) is 0. The van der Waals surface area contributed by atoms with Gasteiger partial charge in [-0.2, -0.15) is 18.4 Å². The van der Waals surface area contributed by atoms with Crippen LogP contribution in [0.3, 0.4) is 0 Å². The van der Waals surface area contributed by atoms with E-state index in [9.17, 15) is 13.2 Å². The summed E-state index contributed by atoms with van der Waals surface area (Å²) in [5, 5.41) is 8.62. The molecule has 0 amide bonds. The molecule has 0 aliphatic rings. The lowest BCUT2D eigenvalue weighted by atomic mass is 9.93. The monoisotopic (exact) mass is 212 g/mol. The molecule has 0 N–H and O–H groups in total. The summed E-state index contributed by atoms with van der Waals surface area (Å²) in [6.45, 7) is 5.11. The highest BCUT2D eigenvalue weighted by Gasteiger charge is 2.36. The molecule has 0 aromatic heterocycles. The van der Waals surface area contributed by atoms with Gasteiger partial charge in [0, 0.05) is 0 Å². The van der Waals surface area contributed by atoms with E-state index < -0.39 is 17.7 Å². The smallest absolute Gasteiger partial charge is 0.192 e. The maximum Gasteiger partial charge on any atom is 0.417 e. The van der Waals surface area contributed by atoms with E-state index in [1.54, 1.807) is 13.0 Å². The fourth-order valence-electron chi connectivity index (χ4n) is 1.39. The van der Waals surface area contributed by atoms with Gasteiger partial charge in [-0.15, -0.1) is 0 Å². The zero-order valence-electron chi connectivity index (χ0n) is 8.10. The van der Waals surface area contributed by atoms with Crippen LogP contribution in [0.5, 0.6) is 0 Å². The molecule has 0 saturated heterocycles. The highest BCUT2D eigenvalue weighted by atomic mass is 19.4. The normalized spacial score (nSPS) is 11.5. The number of benzene rings is 1. The summed E-state index contributed by atoms with van der Waals surface area (Å²) in [5.41, 5.74) is -1.16. The van der Waals surface area contributed by atoms with Crippen molar-refractivity contribution >= 4 is 0 Å². The Hall–Kier alpha value is -1.50. The lowest BCUT2D eigenvalue weighted by Crippen LogP contribution is -2.12. The van der Waals surface area contributed by atoms with E-state index in [1.165, 1.54) is 12.1 Å². The zero-order valence-corrected chi connectivity index (χ0v) is 8.10. The second-order valence-corrected chi connectivity index (χ2v) is 3.28. The maximum absolute atomic E-state index is 12.7. The molecular weight excluding hydrogens is 203 g/mol. The van der Waals surface area contributed by atoms with Crippen LogP contribution in [0.2, 0.25) is 0 Å². The Morgan fingerprint density at radius 3 is 2.40 bits per heavy atom. The standard InChI is InChI=1S/C11H9F3N/c1-7(2)9-5-3-4-8(6-15)10(9)11(12,13)14/h3-5,7H,1H2,2H3. The lowest BCUT2D eigenvalue weighted by Gasteiger charge is -2.16. The minimum atomic E-state index is -4.51. The predicted octanol–water partition coefficient (Wildman–Crippen LogP) is 3.51. The fraction of sp³-hybridized carbons (Fsp3) is 0.273. The topological polar surface area (TPSA) is 23.8 Å². The summed E-state index contributed by atoms with van der Waals surface area (Å²) in [6, 6.07) is 5.49. The Morgan fingerprint density at radius 1 is 1.40 bits per heavy atom. The second-order valence-electron chi connectivity index (χ2n) is 3.28. The summed E-state index contributed by atoms with van der Waals surface area (Å²) < 4.78 is 38.0. The minimum Gasteiger partial charge on any atom is -0.192 e. The minimum absolute atomic E-state index is 0.0570. The Kier molecular flexibility index (Phi) is 3.04. The Labute approximate surface area is 86.1 Å². The molecule has 1 aromatic carbocycles. The van der Waals surface area contributed by atoms with Crippen molar-refractivity contribution in [3.05, 3.63) is 41.8 Å². The second kappa shape index (κ2) is 3.93. The first-order valence-corrected chi connectivity index (χ1v) is 4.31. The van der Waals surface area contributed by atoms with Gasteiger partial charge in [-0.3, -0.25) is 0 Å². The zero-order chi connectivity index (χ0) is 11.6. The van der Waals surface area contributed by atoms with Crippen molar-refractivity contribution in [3.63, 3.8) is 0 Å². The highest BCUT2D eigenvalue weighted by Crippen LogP contribution is 2.37. The summed E-state index contributed by atoms with van der Waals surface area (Å²) in [5.74, 6) is -0.505. The van der Waals surface area contributed by atoms with Crippen molar-refractivity contribution < 1.29 is 13.2 Å². The van der Waals surface area contributed by atoms with Crippen LogP contribution in [0.25, 0.3) is 0 Å². The largest absolute Gasteiger partial charge is 0.417 e. The predicted molar refractivity (Wildman–Crippen MR) is 49.9 cm³/mol. The maximum atomic E-state index is 12.7. The van der Waals surface area contributed by atoms with Crippen LogP contribution in [-0.2, 0) is 6.18 Å². The molecule has 1 nitrogen and oxygen atoms in total. The van der Waals surface area contributed by atoms with E-state index in [1.807, 2.05) is 0 Å². The van der Waals surface area contributed by atoms with Crippen molar-refractivity contribution in [2.24, 2.45) is 0 Å². The lowest BCUT2D eigenvalue weighted by molar-refractivity contribution is -0.138. The first kappa shape index (κ1) is 11.6. The van der Waals surface area contributed by atoms with Crippen molar-refractivity contribution in [2.75, 3.05) is 0 Å². The third-order valence-electron chi connectivity index (χ3n) is 2.03. The van der Waals surface area contributed by atoms with Crippen LogP contribution < -0.4 is 0 Å². The van der Waals surface area contributed by atoms with E-state index in [-0.39, 0.29) is 11.1 Å². The molecule has 0 saturated carbocycles. The Bertz CT molecular complexity index is 399. The SMILES string of the molecule is [CH2]C(C)c1cccc(C#N)c1C(F)(F)F. The molecule has 0 fully saturated rings. The number of halogens is 3. The molecule has 1 atom stereocenters. The van der Waals surface area contributed by atoms with Crippen LogP contribution in [0, 0.1) is 18.3 Å². The van der Waals surface area contributed by atoms with Crippen LogP contribution in [0.15, 0.2) is 18.2 Å². The van der Waals surface area contributed by atoms with Crippen molar-refractivity contribution in [2.45, 2.75) is 19.0 Å². The van der Waals surface area contributed by atoms with Crippen LogP contribution >= 0.6 is 0 Å². The summed E-state index contributed by atoms with van der Waals surface area (Å²) in [4.78, 5) is 0. The Morgan fingerprint density at radius 2 is 2.00 bits per heavy atom. The molecule has 1 rings (SSSR count). The van der Waals surface area contributed by atoms with Crippen LogP contribution in [0.4, 0.5) is 13.2 Å². The summed E-state index contributed by atoms with van der Waals surface area (Å²) in [6.07, 6.45) is -4.51. The van der Waals surface area contributed by atoms with Crippen LogP contribution in [0.1, 0.15) is 29.5 Å². The first-order valence-electron chi connectivity index (χ1n) is 4.31. The third kappa shape index (κ3) is 2.30. The fourth-order valence-corrected chi connectivity index (χ4v) is 1.39. The van der Waals surface area contributed by atoms with Crippen molar-refractivity contribution in [1.82, 2.24) is 0 Å². The van der Waals surface area contributed by atoms with Gasteiger partial charge in [-0.05, 0) is 24.5 Å².